The molecule has 1 aliphatic rings. The molecule has 0 bridgehead atoms. The van der Waals surface area contributed by atoms with Crippen molar-refractivity contribution < 1.29 is 18.9 Å². The van der Waals surface area contributed by atoms with Crippen LogP contribution in [0.25, 0.3) is 10.9 Å². The minimum absolute atomic E-state index is 0.163. The van der Waals surface area contributed by atoms with Crippen molar-refractivity contribution in [3.63, 3.8) is 0 Å². The third-order valence-corrected chi connectivity index (χ3v) is 6.23. The van der Waals surface area contributed by atoms with Gasteiger partial charge < -0.3 is 10.1 Å². The average Bonchev–Trinajstić information content (AvgIpc) is 2.95. The summed E-state index contributed by atoms with van der Waals surface area (Å²) in [7, 11) is -2.66. The molecule has 1 aliphatic heterocycles. The number of carbonyl (C=O) groups is 2. The first-order valence-corrected chi connectivity index (χ1v) is 8.90. The number of carboxylic acids is 1. The van der Waals surface area contributed by atoms with Gasteiger partial charge >= 0.3 is 5.97 Å². The molecular formula is C15H16N2O4S. The molecule has 1 aromatic carbocycles. The number of amides is 1. The summed E-state index contributed by atoms with van der Waals surface area (Å²) in [5.74, 6) is -1.53. The largest absolute Gasteiger partial charge is 0.481 e. The maximum absolute atomic E-state index is 12.6. The molecule has 1 aromatic heterocycles. The van der Waals surface area contributed by atoms with Gasteiger partial charge in [0.2, 0.25) is 0 Å². The first-order valence-electron chi connectivity index (χ1n) is 7.04. The number of hydrogen-bond acceptors (Lipinski definition) is 3. The van der Waals surface area contributed by atoms with E-state index in [2.05, 4.69) is 9.35 Å². The van der Waals surface area contributed by atoms with Gasteiger partial charge in [-0.1, -0.05) is 12.1 Å². The molecule has 0 atom stereocenters. The van der Waals surface area contributed by atoms with Crippen LogP contribution in [0.5, 0.6) is 0 Å². The minimum atomic E-state index is -2.66. The third kappa shape index (κ3) is 2.76. The molecule has 22 heavy (non-hydrogen) atoms. The number of aromatic nitrogens is 1. The van der Waals surface area contributed by atoms with Crippen LogP contribution in [-0.2, 0) is 14.5 Å². The number of rotatable bonds is 2. The molecule has 0 aliphatic carbocycles. The molecule has 7 heteroatoms. The van der Waals surface area contributed by atoms with E-state index in [-0.39, 0.29) is 11.5 Å². The quantitative estimate of drug-likeness (QED) is 0.886. The van der Waals surface area contributed by atoms with Crippen LogP contribution in [0.15, 0.2) is 34.8 Å². The van der Waals surface area contributed by atoms with Gasteiger partial charge in [-0.2, -0.15) is 4.36 Å². The standard InChI is InChI=1S/C15H16N2O4S/c18-14(12-3-1-2-10-4-7-16-13(10)12)17-22(21)8-5-11(6-9-22)15(19)20/h1-4,7,11,16H,5-6,8-9H2,(H,19,20). The maximum atomic E-state index is 12.6. The van der Waals surface area contributed by atoms with Gasteiger partial charge in [-0.25, -0.2) is 4.21 Å². The lowest BCUT2D eigenvalue weighted by Crippen LogP contribution is -2.28. The molecule has 2 N–H and O–H groups in total. The van der Waals surface area contributed by atoms with E-state index in [4.69, 9.17) is 5.11 Å². The zero-order valence-electron chi connectivity index (χ0n) is 11.8. The molecule has 116 valence electrons. The van der Waals surface area contributed by atoms with Crippen molar-refractivity contribution in [1.82, 2.24) is 4.98 Å². The van der Waals surface area contributed by atoms with E-state index >= 15 is 0 Å². The van der Waals surface area contributed by atoms with Crippen LogP contribution >= 0.6 is 0 Å². The summed E-state index contributed by atoms with van der Waals surface area (Å²) in [5.41, 5.74) is 1.07. The Morgan fingerprint density at radius 1 is 1.23 bits per heavy atom. The highest BCUT2D eigenvalue weighted by Gasteiger charge is 2.28. The van der Waals surface area contributed by atoms with E-state index in [1.54, 1.807) is 18.3 Å². The van der Waals surface area contributed by atoms with Gasteiger partial charge in [-0.05, 0) is 25.0 Å². The second-order valence-electron chi connectivity index (χ2n) is 5.44. The highest BCUT2D eigenvalue weighted by molar-refractivity contribution is 7.93. The fourth-order valence-corrected chi connectivity index (χ4v) is 4.79. The molecule has 2 aromatic rings. The fraction of sp³-hybridized carbons (Fsp3) is 0.333. The summed E-state index contributed by atoms with van der Waals surface area (Å²) in [5, 5.41) is 9.86. The Balaban J connectivity index is 1.89. The van der Waals surface area contributed by atoms with Crippen LogP contribution in [0.3, 0.4) is 0 Å². The number of carbonyl (C=O) groups excluding carboxylic acids is 1. The topological polar surface area (TPSA) is 99.6 Å². The van der Waals surface area contributed by atoms with Crippen molar-refractivity contribution >= 4 is 32.5 Å². The lowest BCUT2D eigenvalue weighted by Gasteiger charge is -2.20. The average molecular weight is 320 g/mol. The summed E-state index contributed by atoms with van der Waals surface area (Å²) in [6.45, 7) is 0. The van der Waals surface area contributed by atoms with Crippen LogP contribution in [-0.4, -0.2) is 37.7 Å². The highest BCUT2D eigenvalue weighted by Crippen LogP contribution is 2.23. The van der Waals surface area contributed by atoms with Gasteiger partial charge in [-0.3, -0.25) is 9.59 Å². The number of carboxylic acid groups (broad SMARTS) is 1. The predicted molar refractivity (Wildman–Crippen MR) is 83.3 cm³/mol. The van der Waals surface area contributed by atoms with E-state index in [1.165, 1.54) is 0 Å². The molecular weight excluding hydrogens is 304 g/mol. The lowest BCUT2D eigenvalue weighted by molar-refractivity contribution is -0.141. The Morgan fingerprint density at radius 2 is 1.95 bits per heavy atom. The second-order valence-corrected chi connectivity index (χ2v) is 7.98. The smallest absolute Gasteiger partial charge is 0.306 e. The molecule has 0 unspecified atom stereocenters. The molecule has 1 saturated heterocycles. The van der Waals surface area contributed by atoms with E-state index in [0.717, 1.165) is 5.39 Å². The Morgan fingerprint density at radius 3 is 2.64 bits per heavy atom. The van der Waals surface area contributed by atoms with Crippen LogP contribution in [0, 0.1) is 5.92 Å². The number of fused-ring (bicyclic) bond motifs is 1. The molecule has 0 radical (unpaired) electrons. The normalized spacial score (nSPS) is 25.0. The van der Waals surface area contributed by atoms with Gasteiger partial charge in [0.05, 0.1) is 26.7 Å². The molecule has 6 nitrogen and oxygen atoms in total. The molecule has 2 heterocycles. The van der Waals surface area contributed by atoms with E-state index in [0.29, 0.717) is 23.9 Å². The highest BCUT2D eigenvalue weighted by atomic mass is 32.2. The van der Waals surface area contributed by atoms with Gasteiger partial charge in [0.25, 0.3) is 5.91 Å². The Bertz CT molecular complexity index is 847. The van der Waals surface area contributed by atoms with Crippen LogP contribution in [0.2, 0.25) is 0 Å². The van der Waals surface area contributed by atoms with Crippen molar-refractivity contribution in [1.29, 1.82) is 0 Å². The SMILES string of the molecule is O=C(N=S1(=O)CCC(C(=O)O)CC1)c1cccc2cc[nH]c12. The van der Waals surface area contributed by atoms with E-state index in [1.807, 2.05) is 12.1 Å². The maximum Gasteiger partial charge on any atom is 0.306 e. The number of benzene rings is 1. The van der Waals surface area contributed by atoms with Crippen molar-refractivity contribution in [2.75, 3.05) is 11.5 Å². The van der Waals surface area contributed by atoms with Crippen LogP contribution in [0.1, 0.15) is 23.2 Å². The van der Waals surface area contributed by atoms with Gasteiger partial charge in [0.15, 0.2) is 0 Å². The van der Waals surface area contributed by atoms with Crippen molar-refractivity contribution in [3.05, 3.63) is 36.0 Å². The van der Waals surface area contributed by atoms with E-state index in [9.17, 15) is 13.8 Å². The van der Waals surface area contributed by atoms with Crippen molar-refractivity contribution in [3.8, 4) is 0 Å². The fourth-order valence-electron chi connectivity index (χ4n) is 2.70. The van der Waals surface area contributed by atoms with Gasteiger partial charge in [0.1, 0.15) is 0 Å². The monoisotopic (exact) mass is 320 g/mol. The van der Waals surface area contributed by atoms with Gasteiger partial charge in [-0.15, -0.1) is 0 Å². The second kappa shape index (κ2) is 5.57. The number of aromatic amines is 1. The Labute approximate surface area is 127 Å². The van der Waals surface area contributed by atoms with Crippen molar-refractivity contribution in [2.45, 2.75) is 12.8 Å². The van der Waals surface area contributed by atoms with E-state index < -0.39 is 27.5 Å². The zero-order chi connectivity index (χ0) is 15.7. The number of aliphatic carboxylic acids is 1. The number of para-hydroxylation sites is 1. The molecule has 0 saturated carbocycles. The molecule has 1 amide bonds. The lowest BCUT2D eigenvalue weighted by atomic mass is 10.0. The first-order chi connectivity index (χ1) is 10.5. The van der Waals surface area contributed by atoms with Crippen molar-refractivity contribution in [2.24, 2.45) is 10.3 Å². The zero-order valence-corrected chi connectivity index (χ0v) is 12.6. The predicted octanol–water partition coefficient (Wildman–Crippen LogP) is 2.27. The van der Waals surface area contributed by atoms with Crippen LogP contribution < -0.4 is 0 Å². The first kappa shape index (κ1) is 14.8. The Kier molecular flexibility index (Phi) is 3.74. The van der Waals surface area contributed by atoms with Gasteiger partial charge in [0, 0.05) is 23.1 Å². The number of nitrogens with zero attached hydrogens (tertiary/aromatic N) is 1. The summed E-state index contributed by atoms with van der Waals surface area (Å²) in [6.07, 6.45) is 2.34. The minimum Gasteiger partial charge on any atom is -0.481 e. The summed E-state index contributed by atoms with van der Waals surface area (Å²) >= 11 is 0. The third-order valence-electron chi connectivity index (χ3n) is 3.99. The number of nitrogens with one attached hydrogen (secondary N) is 1. The summed E-state index contributed by atoms with van der Waals surface area (Å²) in [4.78, 5) is 26.3. The molecule has 3 rings (SSSR count). The Hall–Kier alpha value is -2.15. The summed E-state index contributed by atoms with van der Waals surface area (Å²) in [6, 6.07) is 7.13. The molecule has 0 spiro atoms. The number of H-pyrrole nitrogens is 1. The summed E-state index contributed by atoms with van der Waals surface area (Å²) < 4.78 is 16.6. The molecule has 1 fully saturated rings. The number of hydrogen-bond donors (Lipinski definition) is 2. The van der Waals surface area contributed by atoms with Crippen LogP contribution in [0.4, 0.5) is 0 Å².